The highest BCUT2D eigenvalue weighted by Gasteiger charge is 2.22. The van der Waals surface area contributed by atoms with Crippen molar-refractivity contribution in [3.05, 3.63) is 29.8 Å². The summed E-state index contributed by atoms with van der Waals surface area (Å²) >= 11 is 0. The van der Waals surface area contributed by atoms with Crippen molar-refractivity contribution in [3.63, 3.8) is 0 Å². The van der Waals surface area contributed by atoms with Crippen LogP contribution in [0.2, 0.25) is 0 Å². The normalized spacial score (nSPS) is 25.5. The van der Waals surface area contributed by atoms with E-state index < -0.39 is 0 Å². The Bertz CT molecular complexity index is 535. The zero-order valence-corrected chi connectivity index (χ0v) is 14.7. The topological polar surface area (TPSA) is 52.6 Å². The molecule has 0 aromatic heterocycles. The number of rotatable bonds is 4. The second kappa shape index (κ2) is 8.02. The molecule has 2 aliphatic rings. The maximum atomic E-state index is 12.4. The smallest absolute Gasteiger partial charge is 0.251 e. The number of carbonyl (C=O) groups is 1. The molecule has 1 amide bonds. The fourth-order valence-electron chi connectivity index (χ4n) is 3.97. The molecule has 4 nitrogen and oxygen atoms in total. The molecule has 24 heavy (non-hydrogen) atoms. The van der Waals surface area contributed by atoms with Gasteiger partial charge in [0.25, 0.3) is 5.91 Å². The van der Waals surface area contributed by atoms with Crippen LogP contribution in [0.5, 0.6) is 0 Å². The number of aliphatic hydroxyl groups excluding tert-OH is 1. The summed E-state index contributed by atoms with van der Waals surface area (Å²) in [5.74, 6) is 1.38. The summed E-state index contributed by atoms with van der Waals surface area (Å²) in [6, 6.07) is 7.88. The van der Waals surface area contributed by atoms with Crippen LogP contribution in [-0.2, 0) is 0 Å². The zero-order valence-electron chi connectivity index (χ0n) is 14.7. The van der Waals surface area contributed by atoms with E-state index in [4.69, 9.17) is 0 Å². The first-order valence-corrected chi connectivity index (χ1v) is 9.45. The summed E-state index contributed by atoms with van der Waals surface area (Å²) in [5, 5.41) is 12.7. The highest BCUT2D eigenvalue weighted by molar-refractivity contribution is 5.94. The van der Waals surface area contributed by atoms with Gasteiger partial charge in [-0.1, -0.05) is 26.2 Å². The van der Waals surface area contributed by atoms with E-state index >= 15 is 0 Å². The minimum Gasteiger partial charge on any atom is -0.393 e. The molecule has 2 unspecified atom stereocenters. The number of hydrogen-bond donors (Lipinski definition) is 2. The molecule has 4 heteroatoms. The minimum absolute atomic E-state index is 0.0355. The summed E-state index contributed by atoms with van der Waals surface area (Å²) in [6.45, 7) is 4.87. The number of piperidine rings is 1. The van der Waals surface area contributed by atoms with Gasteiger partial charge in [0.2, 0.25) is 0 Å². The van der Waals surface area contributed by atoms with E-state index in [2.05, 4.69) is 17.1 Å². The third-order valence-corrected chi connectivity index (χ3v) is 5.77. The Morgan fingerprint density at radius 1 is 1.12 bits per heavy atom. The summed E-state index contributed by atoms with van der Waals surface area (Å²) in [7, 11) is 0. The molecular formula is C20H30N2O2. The molecule has 3 rings (SSSR count). The van der Waals surface area contributed by atoms with Gasteiger partial charge in [0, 0.05) is 30.9 Å². The monoisotopic (exact) mass is 330 g/mol. The van der Waals surface area contributed by atoms with Gasteiger partial charge in [0.05, 0.1) is 6.10 Å². The highest BCUT2D eigenvalue weighted by atomic mass is 16.3. The lowest BCUT2D eigenvalue weighted by molar-refractivity contribution is 0.0936. The lowest BCUT2D eigenvalue weighted by Crippen LogP contribution is -2.36. The van der Waals surface area contributed by atoms with Crippen LogP contribution in [0, 0.1) is 11.8 Å². The molecule has 1 aromatic rings. The fraction of sp³-hybridized carbons (Fsp3) is 0.650. The van der Waals surface area contributed by atoms with Crippen molar-refractivity contribution in [2.24, 2.45) is 11.8 Å². The van der Waals surface area contributed by atoms with Gasteiger partial charge in [-0.2, -0.15) is 0 Å². The Morgan fingerprint density at radius 3 is 2.46 bits per heavy atom. The lowest BCUT2D eigenvalue weighted by Gasteiger charge is -2.31. The van der Waals surface area contributed by atoms with Crippen LogP contribution in [0.15, 0.2) is 24.3 Å². The van der Waals surface area contributed by atoms with Gasteiger partial charge in [-0.15, -0.1) is 0 Å². The Hall–Kier alpha value is -1.55. The molecule has 1 aliphatic carbocycles. The first-order valence-electron chi connectivity index (χ1n) is 9.45. The second-order valence-electron chi connectivity index (χ2n) is 7.50. The van der Waals surface area contributed by atoms with E-state index in [9.17, 15) is 9.90 Å². The summed E-state index contributed by atoms with van der Waals surface area (Å²) in [5.41, 5.74) is 1.87. The predicted octanol–water partition coefficient (Wildman–Crippen LogP) is 3.20. The van der Waals surface area contributed by atoms with E-state index in [0.29, 0.717) is 5.92 Å². The highest BCUT2D eigenvalue weighted by Crippen LogP contribution is 2.29. The number of anilines is 1. The summed E-state index contributed by atoms with van der Waals surface area (Å²) in [4.78, 5) is 14.6. The lowest BCUT2D eigenvalue weighted by atomic mass is 9.80. The average Bonchev–Trinajstić information content (AvgIpc) is 2.62. The van der Waals surface area contributed by atoms with E-state index in [1.165, 1.54) is 25.7 Å². The van der Waals surface area contributed by atoms with Gasteiger partial charge in [-0.25, -0.2) is 0 Å². The van der Waals surface area contributed by atoms with Gasteiger partial charge in [0.1, 0.15) is 0 Å². The van der Waals surface area contributed by atoms with Gasteiger partial charge in [-0.3, -0.25) is 4.79 Å². The van der Waals surface area contributed by atoms with Crippen molar-refractivity contribution in [2.45, 2.75) is 51.6 Å². The molecule has 0 radical (unpaired) electrons. The number of carbonyl (C=O) groups excluding carboxylic acids is 1. The molecule has 0 bridgehead atoms. The van der Waals surface area contributed by atoms with Crippen LogP contribution >= 0.6 is 0 Å². The standard InChI is InChI=1S/C20H30N2O2/c1-15-4-2-3-5-17(15)14-21-20(24)16-6-8-18(9-7-16)22-12-10-19(23)11-13-22/h6-9,15,17,19,23H,2-5,10-14H2,1H3,(H,21,24). The van der Waals surface area contributed by atoms with Crippen LogP contribution in [-0.4, -0.2) is 36.8 Å². The number of aliphatic hydroxyl groups is 1. The van der Waals surface area contributed by atoms with Gasteiger partial charge < -0.3 is 15.3 Å². The van der Waals surface area contributed by atoms with Gasteiger partial charge >= 0.3 is 0 Å². The maximum absolute atomic E-state index is 12.4. The van der Waals surface area contributed by atoms with Crippen molar-refractivity contribution in [2.75, 3.05) is 24.5 Å². The van der Waals surface area contributed by atoms with Crippen molar-refractivity contribution in [1.29, 1.82) is 0 Å². The van der Waals surface area contributed by atoms with Crippen LogP contribution in [0.25, 0.3) is 0 Å². The van der Waals surface area contributed by atoms with Crippen LogP contribution in [0.1, 0.15) is 55.8 Å². The van der Waals surface area contributed by atoms with E-state index in [-0.39, 0.29) is 12.0 Å². The van der Waals surface area contributed by atoms with Crippen molar-refractivity contribution in [1.82, 2.24) is 5.32 Å². The average molecular weight is 330 g/mol. The van der Waals surface area contributed by atoms with Crippen molar-refractivity contribution in [3.8, 4) is 0 Å². The van der Waals surface area contributed by atoms with Crippen LogP contribution in [0.3, 0.4) is 0 Å². The SMILES string of the molecule is CC1CCCCC1CNC(=O)c1ccc(N2CCC(O)CC2)cc1. The Kier molecular flexibility index (Phi) is 5.77. The molecule has 1 aromatic carbocycles. The predicted molar refractivity (Wildman–Crippen MR) is 97.4 cm³/mol. The number of nitrogens with zero attached hydrogens (tertiary/aromatic N) is 1. The Morgan fingerprint density at radius 2 is 1.79 bits per heavy atom. The third-order valence-electron chi connectivity index (χ3n) is 5.77. The van der Waals surface area contributed by atoms with Crippen molar-refractivity contribution >= 4 is 11.6 Å². The molecule has 1 aliphatic heterocycles. The first kappa shape index (κ1) is 17.3. The fourth-order valence-corrected chi connectivity index (χ4v) is 3.97. The quantitative estimate of drug-likeness (QED) is 0.891. The van der Waals surface area contributed by atoms with Crippen molar-refractivity contribution < 1.29 is 9.90 Å². The molecule has 1 heterocycles. The van der Waals surface area contributed by atoms with Gasteiger partial charge in [0.15, 0.2) is 0 Å². The number of benzene rings is 1. The molecule has 132 valence electrons. The number of hydrogen-bond acceptors (Lipinski definition) is 3. The molecular weight excluding hydrogens is 300 g/mol. The molecule has 0 spiro atoms. The third kappa shape index (κ3) is 4.29. The van der Waals surface area contributed by atoms with E-state index in [0.717, 1.165) is 49.6 Å². The maximum Gasteiger partial charge on any atom is 0.251 e. The summed E-state index contributed by atoms with van der Waals surface area (Å²) in [6.07, 6.45) is 6.64. The van der Waals surface area contributed by atoms with E-state index in [1.807, 2.05) is 24.3 Å². The molecule has 2 atom stereocenters. The number of nitrogens with one attached hydrogen (secondary N) is 1. The second-order valence-corrected chi connectivity index (χ2v) is 7.50. The minimum atomic E-state index is -0.159. The van der Waals surface area contributed by atoms with Gasteiger partial charge in [-0.05, 0) is 55.4 Å². The molecule has 1 saturated carbocycles. The Balaban J connectivity index is 1.52. The Labute approximate surface area is 145 Å². The van der Waals surface area contributed by atoms with Crippen LogP contribution in [0.4, 0.5) is 5.69 Å². The molecule has 1 saturated heterocycles. The first-order chi connectivity index (χ1) is 11.6. The zero-order chi connectivity index (χ0) is 16.9. The summed E-state index contributed by atoms with van der Waals surface area (Å²) < 4.78 is 0. The molecule has 2 fully saturated rings. The van der Waals surface area contributed by atoms with E-state index in [1.54, 1.807) is 0 Å². The largest absolute Gasteiger partial charge is 0.393 e. The van der Waals surface area contributed by atoms with Crippen LogP contribution < -0.4 is 10.2 Å². The molecule has 2 N–H and O–H groups in total. The number of amides is 1.